The van der Waals surface area contributed by atoms with E-state index in [0.717, 1.165) is 5.56 Å². The zero-order chi connectivity index (χ0) is 12.3. The largest absolute Gasteiger partial charge is 0.294 e. The van der Waals surface area contributed by atoms with Gasteiger partial charge in [0.25, 0.3) is 5.56 Å². The highest BCUT2D eigenvalue weighted by atomic mass is 16.1. The van der Waals surface area contributed by atoms with Gasteiger partial charge in [-0.15, -0.1) is 0 Å². The molecule has 0 saturated carbocycles. The Morgan fingerprint density at radius 3 is 2.65 bits per heavy atom. The van der Waals surface area contributed by atoms with E-state index in [1.165, 1.54) is 0 Å². The van der Waals surface area contributed by atoms with Crippen molar-refractivity contribution in [1.29, 1.82) is 0 Å². The number of nitrogens with two attached hydrogens (primary N) is 1. The van der Waals surface area contributed by atoms with E-state index in [1.807, 2.05) is 30.3 Å². The molecule has 4 N–H and O–H groups in total. The van der Waals surface area contributed by atoms with Gasteiger partial charge in [0, 0.05) is 12.0 Å². The van der Waals surface area contributed by atoms with Crippen LogP contribution in [-0.2, 0) is 6.42 Å². The van der Waals surface area contributed by atoms with Crippen molar-refractivity contribution in [3.05, 3.63) is 57.5 Å². The highest BCUT2D eigenvalue weighted by Crippen LogP contribution is 2.09. The molecular formula is C12H14N4O. The SMILES string of the molecule is Cc1nc(NN)[nH]c(=O)c1Cc1ccccc1. The zero-order valence-electron chi connectivity index (χ0n) is 9.53. The van der Waals surface area contributed by atoms with Gasteiger partial charge >= 0.3 is 0 Å². The van der Waals surface area contributed by atoms with Crippen LogP contribution in [0.5, 0.6) is 0 Å². The average Bonchev–Trinajstić information content (AvgIpc) is 2.35. The Bertz CT molecular complexity index is 562. The lowest BCUT2D eigenvalue weighted by Gasteiger charge is -2.06. The van der Waals surface area contributed by atoms with Crippen LogP contribution < -0.4 is 16.8 Å². The fourth-order valence-electron chi connectivity index (χ4n) is 1.69. The summed E-state index contributed by atoms with van der Waals surface area (Å²) >= 11 is 0. The number of aromatic amines is 1. The summed E-state index contributed by atoms with van der Waals surface area (Å²) in [5.41, 5.74) is 4.60. The summed E-state index contributed by atoms with van der Waals surface area (Å²) in [4.78, 5) is 18.6. The first-order chi connectivity index (χ1) is 8.20. The summed E-state index contributed by atoms with van der Waals surface area (Å²) in [5.74, 6) is 5.49. The minimum atomic E-state index is -0.158. The summed E-state index contributed by atoms with van der Waals surface area (Å²) in [6.45, 7) is 1.80. The highest BCUT2D eigenvalue weighted by molar-refractivity contribution is 5.31. The van der Waals surface area contributed by atoms with Gasteiger partial charge in [0.2, 0.25) is 5.95 Å². The van der Waals surface area contributed by atoms with Gasteiger partial charge in [-0.05, 0) is 12.5 Å². The third-order valence-corrected chi connectivity index (χ3v) is 2.58. The fraction of sp³-hybridized carbons (Fsp3) is 0.167. The summed E-state index contributed by atoms with van der Waals surface area (Å²) in [7, 11) is 0. The van der Waals surface area contributed by atoms with Crippen LogP contribution in [0.3, 0.4) is 0 Å². The maximum Gasteiger partial charge on any atom is 0.256 e. The third-order valence-electron chi connectivity index (χ3n) is 2.58. The molecule has 0 radical (unpaired) electrons. The van der Waals surface area contributed by atoms with Gasteiger partial charge in [-0.3, -0.25) is 15.2 Å². The summed E-state index contributed by atoms with van der Waals surface area (Å²) in [6, 6.07) is 9.80. The molecule has 0 aliphatic rings. The highest BCUT2D eigenvalue weighted by Gasteiger charge is 2.08. The first kappa shape index (κ1) is 11.3. The minimum absolute atomic E-state index is 0.158. The zero-order valence-corrected chi connectivity index (χ0v) is 9.53. The molecule has 1 aromatic heterocycles. The van der Waals surface area contributed by atoms with Crippen LogP contribution in [0.25, 0.3) is 0 Å². The van der Waals surface area contributed by atoms with Gasteiger partial charge in [-0.25, -0.2) is 10.8 Å². The Hall–Kier alpha value is -2.14. The molecule has 2 aromatic rings. The summed E-state index contributed by atoms with van der Waals surface area (Å²) in [5, 5.41) is 0. The number of rotatable bonds is 3. The number of aromatic nitrogens is 2. The van der Waals surface area contributed by atoms with E-state index in [1.54, 1.807) is 6.92 Å². The van der Waals surface area contributed by atoms with E-state index >= 15 is 0 Å². The smallest absolute Gasteiger partial charge is 0.256 e. The molecule has 5 heteroatoms. The molecule has 88 valence electrons. The minimum Gasteiger partial charge on any atom is -0.294 e. The van der Waals surface area contributed by atoms with E-state index in [4.69, 9.17) is 5.84 Å². The first-order valence-corrected chi connectivity index (χ1v) is 5.31. The first-order valence-electron chi connectivity index (χ1n) is 5.31. The van der Waals surface area contributed by atoms with E-state index in [2.05, 4.69) is 15.4 Å². The van der Waals surface area contributed by atoms with Crippen molar-refractivity contribution in [2.45, 2.75) is 13.3 Å². The van der Waals surface area contributed by atoms with E-state index in [9.17, 15) is 4.79 Å². The van der Waals surface area contributed by atoms with Crippen molar-refractivity contribution in [3.8, 4) is 0 Å². The van der Waals surface area contributed by atoms with Gasteiger partial charge in [-0.2, -0.15) is 0 Å². The van der Waals surface area contributed by atoms with Gasteiger partial charge in [0.05, 0.1) is 5.69 Å². The van der Waals surface area contributed by atoms with Crippen molar-refractivity contribution in [1.82, 2.24) is 9.97 Å². The molecule has 5 nitrogen and oxygen atoms in total. The van der Waals surface area contributed by atoms with Crippen molar-refractivity contribution < 1.29 is 0 Å². The molecule has 0 aliphatic carbocycles. The average molecular weight is 230 g/mol. The molecule has 0 unspecified atom stereocenters. The molecule has 0 bridgehead atoms. The quantitative estimate of drug-likeness (QED) is 0.541. The molecule has 2 rings (SSSR count). The van der Waals surface area contributed by atoms with Crippen molar-refractivity contribution in [3.63, 3.8) is 0 Å². The van der Waals surface area contributed by atoms with Crippen LogP contribution in [0.2, 0.25) is 0 Å². The van der Waals surface area contributed by atoms with Gasteiger partial charge < -0.3 is 0 Å². The predicted octanol–water partition coefficient (Wildman–Crippen LogP) is 0.955. The molecule has 0 saturated heterocycles. The molecular weight excluding hydrogens is 216 g/mol. The van der Waals surface area contributed by atoms with Crippen molar-refractivity contribution in [2.75, 3.05) is 5.43 Å². The number of benzene rings is 1. The molecule has 0 amide bonds. The molecule has 0 aliphatic heterocycles. The van der Waals surface area contributed by atoms with Gasteiger partial charge in [0.1, 0.15) is 0 Å². The third kappa shape index (κ3) is 2.51. The number of nitrogens with zero attached hydrogens (tertiary/aromatic N) is 1. The van der Waals surface area contributed by atoms with E-state index in [-0.39, 0.29) is 11.5 Å². The number of nitrogen functional groups attached to an aromatic ring is 1. The van der Waals surface area contributed by atoms with Crippen LogP contribution in [-0.4, -0.2) is 9.97 Å². The van der Waals surface area contributed by atoms with Crippen LogP contribution in [0.4, 0.5) is 5.95 Å². The monoisotopic (exact) mass is 230 g/mol. The number of anilines is 1. The number of hydrazine groups is 1. The van der Waals surface area contributed by atoms with E-state index < -0.39 is 0 Å². The van der Waals surface area contributed by atoms with Gasteiger partial charge in [-0.1, -0.05) is 30.3 Å². The van der Waals surface area contributed by atoms with Crippen LogP contribution in [0.15, 0.2) is 35.1 Å². The lowest BCUT2D eigenvalue weighted by molar-refractivity contribution is 0.972. The number of aryl methyl sites for hydroxylation is 1. The van der Waals surface area contributed by atoms with E-state index in [0.29, 0.717) is 17.7 Å². The summed E-state index contributed by atoms with van der Waals surface area (Å²) in [6.07, 6.45) is 0.569. The Kier molecular flexibility index (Phi) is 3.20. The second-order valence-corrected chi connectivity index (χ2v) is 3.79. The number of hydrogen-bond donors (Lipinski definition) is 3. The standard InChI is InChI=1S/C12H14N4O/c1-8-10(7-9-5-3-2-4-6-9)11(17)15-12(14-8)16-13/h2-6H,7,13H2,1H3,(H2,14,15,16,17). The number of H-pyrrole nitrogens is 1. The summed E-state index contributed by atoms with van der Waals surface area (Å²) < 4.78 is 0. The maximum absolute atomic E-state index is 11.8. The Morgan fingerprint density at radius 1 is 1.35 bits per heavy atom. The maximum atomic E-state index is 11.8. The molecule has 0 atom stereocenters. The molecule has 0 fully saturated rings. The fourth-order valence-corrected chi connectivity index (χ4v) is 1.69. The van der Waals surface area contributed by atoms with Crippen molar-refractivity contribution in [2.24, 2.45) is 5.84 Å². The second-order valence-electron chi connectivity index (χ2n) is 3.79. The second kappa shape index (κ2) is 4.80. The lowest BCUT2D eigenvalue weighted by atomic mass is 10.1. The van der Waals surface area contributed by atoms with Crippen LogP contribution in [0.1, 0.15) is 16.8 Å². The van der Waals surface area contributed by atoms with Gasteiger partial charge in [0.15, 0.2) is 0 Å². The number of hydrogen-bond acceptors (Lipinski definition) is 4. The normalized spacial score (nSPS) is 10.2. The number of nitrogens with one attached hydrogen (secondary N) is 2. The molecule has 0 spiro atoms. The molecule has 1 aromatic carbocycles. The lowest BCUT2D eigenvalue weighted by Crippen LogP contribution is -2.21. The topological polar surface area (TPSA) is 83.8 Å². The predicted molar refractivity (Wildman–Crippen MR) is 66.7 cm³/mol. The Balaban J connectivity index is 2.37. The van der Waals surface area contributed by atoms with Crippen molar-refractivity contribution >= 4 is 5.95 Å². The molecule has 1 heterocycles. The Morgan fingerprint density at radius 2 is 2.06 bits per heavy atom. The Labute approximate surface area is 98.7 Å². The molecule has 17 heavy (non-hydrogen) atoms. The van der Waals surface area contributed by atoms with Crippen LogP contribution >= 0.6 is 0 Å². The van der Waals surface area contributed by atoms with Crippen LogP contribution in [0, 0.1) is 6.92 Å².